The van der Waals surface area contributed by atoms with Gasteiger partial charge in [-0.05, 0) is 30.5 Å². The van der Waals surface area contributed by atoms with E-state index < -0.39 is 6.17 Å². The number of hydrogen-bond donors (Lipinski definition) is 0. The van der Waals surface area contributed by atoms with Gasteiger partial charge in [0.2, 0.25) is 0 Å². The fraction of sp³-hybridized carbons (Fsp3) is 0.400. The number of alkyl halides is 1. The molecule has 0 nitrogen and oxygen atoms in total. The lowest BCUT2D eigenvalue weighted by molar-refractivity contribution is 0.170. The summed E-state index contributed by atoms with van der Waals surface area (Å²) < 4.78 is 14.0. The molecule has 1 aromatic carbocycles. The molecule has 0 bridgehead atoms. The molecule has 1 aliphatic carbocycles. The minimum atomic E-state index is -0.612. The van der Waals surface area contributed by atoms with Crippen LogP contribution in [0.2, 0.25) is 0 Å². The van der Waals surface area contributed by atoms with Gasteiger partial charge in [0.15, 0.2) is 0 Å². The molecule has 0 N–H and O–H groups in total. The van der Waals surface area contributed by atoms with E-state index in [1.165, 1.54) is 0 Å². The third-order valence-corrected chi connectivity index (χ3v) is 2.96. The molecular formula is C10H10BrF. The van der Waals surface area contributed by atoms with Crippen molar-refractivity contribution in [2.24, 2.45) is 0 Å². The Morgan fingerprint density at radius 3 is 2.67 bits per heavy atom. The Morgan fingerprint density at radius 1 is 1.33 bits per heavy atom. The smallest absolute Gasteiger partial charge is 0.107 e. The minimum absolute atomic E-state index is 0.155. The van der Waals surface area contributed by atoms with E-state index in [1.54, 1.807) is 0 Å². The average molecular weight is 229 g/mol. The second kappa shape index (κ2) is 3.17. The van der Waals surface area contributed by atoms with Gasteiger partial charge in [-0.1, -0.05) is 28.1 Å². The number of hydrogen-bond acceptors (Lipinski definition) is 0. The first-order chi connectivity index (χ1) is 5.77. The fourth-order valence-corrected chi connectivity index (χ4v) is 1.99. The van der Waals surface area contributed by atoms with Crippen LogP contribution in [-0.4, -0.2) is 6.17 Å². The summed E-state index contributed by atoms with van der Waals surface area (Å²) in [5.41, 5.74) is 1.13. The van der Waals surface area contributed by atoms with Gasteiger partial charge in [-0.2, -0.15) is 0 Å². The standard InChI is InChI=1S/C10H10BrF/c11-8-3-1-2-7(6-8)9-4-5-10(9)12/h1-3,6,9-10H,4-5H2. The van der Waals surface area contributed by atoms with E-state index in [-0.39, 0.29) is 5.92 Å². The molecule has 1 aromatic rings. The first-order valence-corrected chi connectivity index (χ1v) is 4.96. The highest BCUT2D eigenvalue weighted by molar-refractivity contribution is 9.10. The van der Waals surface area contributed by atoms with Crippen LogP contribution >= 0.6 is 15.9 Å². The van der Waals surface area contributed by atoms with Gasteiger partial charge < -0.3 is 0 Å². The van der Waals surface area contributed by atoms with E-state index in [4.69, 9.17) is 0 Å². The van der Waals surface area contributed by atoms with Crippen LogP contribution in [0, 0.1) is 0 Å². The summed E-state index contributed by atoms with van der Waals surface area (Å²) in [6.45, 7) is 0. The molecule has 0 spiro atoms. The van der Waals surface area contributed by atoms with Crippen LogP contribution < -0.4 is 0 Å². The summed E-state index contributed by atoms with van der Waals surface area (Å²) in [5, 5.41) is 0. The highest BCUT2D eigenvalue weighted by Gasteiger charge is 2.31. The Bertz CT molecular complexity index is 285. The molecule has 1 aliphatic rings. The number of benzene rings is 1. The highest BCUT2D eigenvalue weighted by atomic mass is 79.9. The molecule has 1 saturated carbocycles. The van der Waals surface area contributed by atoms with Crippen molar-refractivity contribution >= 4 is 15.9 Å². The monoisotopic (exact) mass is 228 g/mol. The Morgan fingerprint density at radius 2 is 2.17 bits per heavy atom. The second-order valence-electron chi connectivity index (χ2n) is 3.25. The van der Waals surface area contributed by atoms with E-state index in [2.05, 4.69) is 15.9 Å². The number of halogens is 2. The Balaban J connectivity index is 2.22. The second-order valence-corrected chi connectivity index (χ2v) is 4.17. The van der Waals surface area contributed by atoms with Gasteiger partial charge in [0.05, 0.1) is 0 Å². The topological polar surface area (TPSA) is 0 Å². The lowest BCUT2D eigenvalue weighted by Crippen LogP contribution is -2.24. The molecule has 0 aliphatic heterocycles. The van der Waals surface area contributed by atoms with Gasteiger partial charge >= 0.3 is 0 Å². The normalized spacial score (nSPS) is 28.2. The van der Waals surface area contributed by atoms with Crippen molar-refractivity contribution in [2.45, 2.75) is 24.9 Å². The Labute approximate surface area is 79.9 Å². The summed E-state index contributed by atoms with van der Waals surface area (Å²) in [6.07, 6.45) is 1.12. The summed E-state index contributed by atoms with van der Waals surface area (Å²) in [4.78, 5) is 0. The van der Waals surface area contributed by atoms with E-state index in [9.17, 15) is 4.39 Å². The van der Waals surface area contributed by atoms with Gasteiger partial charge in [-0.25, -0.2) is 4.39 Å². The fourth-order valence-electron chi connectivity index (χ4n) is 1.57. The van der Waals surface area contributed by atoms with Crippen molar-refractivity contribution in [3.05, 3.63) is 34.3 Å². The van der Waals surface area contributed by atoms with Gasteiger partial charge in [0.1, 0.15) is 6.17 Å². The zero-order chi connectivity index (χ0) is 8.55. The molecule has 2 atom stereocenters. The highest BCUT2D eigenvalue weighted by Crippen LogP contribution is 2.39. The maximum Gasteiger partial charge on any atom is 0.107 e. The maximum atomic E-state index is 13.0. The van der Waals surface area contributed by atoms with Crippen molar-refractivity contribution in [1.29, 1.82) is 0 Å². The molecule has 64 valence electrons. The largest absolute Gasteiger partial charge is 0.247 e. The van der Waals surface area contributed by atoms with Crippen LogP contribution in [0.4, 0.5) is 4.39 Å². The first-order valence-electron chi connectivity index (χ1n) is 4.17. The van der Waals surface area contributed by atoms with E-state index >= 15 is 0 Å². The zero-order valence-electron chi connectivity index (χ0n) is 6.63. The van der Waals surface area contributed by atoms with Crippen molar-refractivity contribution in [1.82, 2.24) is 0 Å². The molecule has 0 radical (unpaired) electrons. The van der Waals surface area contributed by atoms with Crippen LogP contribution in [0.1, 0.15) is 24.3 Å². The summed E-state index contributed by atoms with van der Waals surface area (Å²) in [6, 6.07) is 7.94. The third kappa shape index (κ3) is 1.40. The zero-order valence-corrected chi connectivity index (χ0v) is 8.22. The molecular weight excluding hydrogens is 219 g/mol. The lowest BCUT2D eigenvalue weighted by Gasteiger charge is -2.30. The molecule has 1 fully saturated rings. The van der Waals surface area contributed by atoms with Crippen molar-refractivity contribution in [3.8, 4) is 0 Å². The van der Waals surface area contributed by atoms with Gasteiger partial charge in [-0.15, -0.1) is 0 Å². The maximum absolute atomic E-state index is 13.0. The summed E-state index contributed by atoms with van der Waals surface area (Å²) in [5.74, 6) is 0.155. The predicted octanol–water partition coefficient (Wildman–Crippen LogP) is 3.66. The summed E-state index contributed by atoms with van der Waals surface area (Å²) in [7, 11) is 0. The number of rotatable bonds is 1. The molecule has 0 amide bonds. The molecule has 0 aromatic heterocycles. The molecule has 2 rings (SSSR count). The van der Waals surface area contributed by atoms with Crippen LogP contribution in [0.15, 0.2) is 28.7 Å². The van der Waals surface area contributed by atoms with E-state index in [0.29, 0.717) is 0 Å². The van der Waals surface area contributed by atoms with Crippen molar-refractivity contribution < 1.29 is 4.39 Å². The summed E-state index contributed by atoms with van der Waals surface area (Å²) >= 11 is 3.38. The average Bonchev–Trinajstić information content (AvgIpc) is 2.02. The molecule has 12 heavy (non-hydrogen) atoms. The van der Waals surface area contributed by atoms with Crippen molar-refractivity contribution in [3.63, 3.8) is 0 Å². The quantitative estimate of drug-likeness (QED) is 0.689. The first kappa shape index (κ1) is 8.24. The van der Waals surface area contributed by atoms with Crippen LogP contribution in [0.25, 0.3) is 0 Å². The van der Waals surface area contributed by atoms with Crippen molar-refractivity contribution in [2.75, 3.05) is 0 Å². The molecule has 2 unspecified atom stereocenters. The lowest BCUT2D eigenvalue weighted by atomic mass is 9.78. The van der Waals surface area contributed by atoms with Crippen LogP contribution in [-0.2, 0) is 0 Å². The van der Waals surface area contributed by atoms with E-state index in [1.807, 2.05) is 24.3 Å². The molecule has 0 saturated heterocycles. The van der Waals surface area contributed by atoms with Crippen LogP contribution in [0.5, 0.6) is 0 Å². The molecule has 2 heteroatoms. The van der Waals surface area contributed by atoms with Crippen LogP contribution in [0.3, 0.4) is 0 Å². The third-order valence-electron chi connectivity index (χ3n) is 2.47. The van der Waals surface area contributed by atoms with Gasteiger partial charge in [-0.3, -0.25) is 0 Å². The predicted molar refractivity (Wildman–Crippen MR) is 51.0 cm³/mol. The van der Waals surface area contributed by atoms with Gasteiger partial charge in [0.25, 0.3) is 0 Å². The minimum Gasteiger partial charge on any atom is -0.247 e. The Hall–Kier alpha value is -0.370. The van der Waals surface area contributed by atoms with E-state index in [0.717, 1.165) is 22.9 Å². The SMILES string of the molecule is FC1CCC1c1cccc(Br)c1. The molecule has 0 heterocycles. The Kier molecular flexibility index (Phi) is 2.18. The van der Waals surface area contributed by atoms with Gasteiger partial charge in [0, 0.05) is 10.4 Å².